The van der Waals surface area contributed by atoms with Crippen LogP contribution in [0.2, 0.25) is 0 Å². The Balaban J connectivity index is 2.15. The molecule has 0 amide bonds. The molecule has 0 bridgehead atoms. The molecule has 7 heteroatoms. The third-order valence-electron chi connectivity index (χ3n) is 4.86. The second kappa shape index (κ2) is 7.45. The highest BCUT2D eigenvalue weighted by Gasteiger charge is 2.48. The van der Waals surface area contributed by atoms with Crippen LogP contribution >= 0.6 is 11.3 Å². The Kier molecular flexibility index (Phi) is 5.27. The Morgan fingerprint density at radius 2 is 1.81 bits per heavy atom. The minimum Gasteiger partial charge on any atom is -0.469 e. The summed E-state index contributed by atoms with van der Waals surface area (Å²) in [4.78, 5) is 30.7. The number of fused-ring (bicyclic) bond motifs is 1. The molecule has 1 aliphatic carbocycles. The summed E-state index contributed by atoms with van der Waals surface area (Å²) < 4.78 is 10.1. The summed E-state index contributed by atoms with van der Waals surface area (Å²) in [5, 5.41) is 3.74. The molecule has 1 heterocycles. The summed E-state index contributed by atoms with van der Waals surface area (Å²) in [6.07, 6.45) is 0.573. The van der Waals surface area contributed by atoms with Crippen molar-refractivity contribution in [1.82, 2.24) is 4.98 Å². The van der Waals surface area contributed by atoms with Gasteiger partial charge in [0.05, 0.1) is 25.8 Å². The van der Waals surface area contributed by atoms with E-state index in [1.807, 2.05) is 31.2 Å². The molecule has 1 aromatic heterocycles. The van der Waals surface area contributed by atoms with Gasteiger partial charge in [-0.1, -0.05) is 29.8 Å². The van der Waals surface area contributed by atoms with Gasteiger partial charge in [0, 0.05) is 17.8 Å². The predicted octanol–water partition coefficient (Wildman–Crippen LogP) is 2.88. The topological polar surface area (TPSA) is 77.5 Å². The Morgan fingerprint density at radius 1 is 1.15 bits per heavy atom. The highest BCUT2D eigenvalue weighted by Crippen LogP contribution is 2.48. The molecular formula is C19H22N2O4S. The number of carbonyl (C=O) groups is 2. The van der Waals surface area contributed by atoms with E-state index in [0.717, 1.165) is 26.8 Å². The molecule has 138 valence electrons. The van der Waals surface area contributed by atoms with Crippen LogP contribution in [0.3, 0.4) is 0 Å². The van der Waals surface area contributed by atoms with E-state index >= 15 is 0 Å². The summed E-state index contributed by atoms with van der Waals surface area (Å²) >= 11 is 1.39. The maximum Gasteiger partial charge on any atom is 0.314 e. The van der Waals surface area contributed by atoms with Gasteiger partial charge in [-0.2, -0.15) is 0 Å². The normalized spacial score (nSPS) is 21.6. The average Bonchev–Trinajstić information content (AvgIpc) is 3.08. The summed E-state index contributed by atoms with van der Waals surface area (Å²) in [6, 6.07) is 8.01. The van der Waals surface area contributed by atoms with Crippen molar-refractivity contribution >= 4 is 28.4 Å². The molecule has 0 saturated heterocycles. The van der Waals surface area contributed by atoms with Crippen LogP contribution in [0, 0.1) is 12.8 Å². The minimum atomic E-state index is -0.720. The number of nitrogens with zero attached hydrogens (tertiary/aromatic N) is 1. The van der Waals surface area contributed by atoms with Gasteiger partial charge in [0.2, 0.25) is 0 Å². The minimum absolute atomic E-state index is 0.202. The lowest BCUT2D eigenvalue weighted by atomic mass is 9.70. The summed E-state index contributed by atoms with van der Waals surface area (Å²) in [5.41, 5.74) is 2.96. The molecule has 0 aliphatic heterocycles. The van der Waals surface area contributed by atoms with Crippen LogP contribution in [0.5, 0.6) is 0 Å². The van der Waals surface area contributed by atoms with Crippen LogP contribution in [-0.4, -0.2) is 38.2 Å². The van der Waals surface area contributed by atoms with Crippen molar-refractivity contribution in [3.05, 3.63) is 46.0 Å². The van der Waals surface area contributed by atoms with Crippen LogP contribution in [0.4, 0.5) is 5.13 Å². The molecule has 0 spiro atoms. The van der Waals surface area contributed by atoms with Gasteiger partial charge in [-0.25, -0.2) is 4.98 Å². The first-order valence-corrected chi connectivity index (χ1v) is 9.21. The lowest BCUT2D eigenvalue weighted by Gasteiger charge is -2.34. The van der Waals surface area contributed by atoms with Gasteiger partial charge in [0.1, 0.15) is 5.92 Å². The number of carbonyl (C=O) groups excluding carboxylic acids is 2. The quantitative estimate of drug-likeness (QED) is 0.829. The van der Waals surface area contributed by atoms with Crippen molar-refractivity contribution in [3.63, 3.8) is 0 Å². The number of aromatic nitrogens is 1. The fourth-order valence-corrected chi connectivity index (χ4v) is 4.63. The molecule has 6 nitrogen and oxygen atoms in total. The number of hydrogen-bond donors (Lipinski definition) is 1. The number of methoxy groups -OCH3 is 2. The van der Waals surface area contributed by atoms with Crippen LogP contribution in [0.25, 0.3) is 0 Å². The Morgan fingerprint density at radius 3 is 2.38 bits per heavy atom. The fourth-order valence-electron chi connectivity index (χ4n) is 3.55. The Labute approximate surface area is 156 Å². The zero-order valence-electron chi connectivity index (χ0n) is 15.2. The molecule has 1 aliphatic rings. The lowest BCUT2D eigenvalue weighted by molar-refractivity contribution is -0.155. The SMILES string of the molecule is CNc1nc2c(s1)[C@@H](C(=O)OC)[C@H](C(=O)OC)[C@H](c1ccc(C)cc1)C2. The van der Waals surface area contributed by atoms with Crippen molar-refractivity contribution in [2.75, 3.05) is 26.6 Å². The number of thiazole rings is 1. The Bertz CT molecular complexity index is 815. The van der Waals surface area contributed by atoms with Crippen molar-refractivity contribution in [1.29, 1.82) is 0 Å². The maximum atomic E-state index is 12.7. The molecule has 3 rings (SSSR count). The second-order valence-corrected chi connectivity index (χ2v) is 7.38. The average molecular weight is 374 g/mol. The molecule has 0 unspecified atom stereocenters. The van der Waals surface area contributed by atoms with Crippen LogP contribution in [-0.2, 0) is 25.5 Å². The second-order valence-electron chi connectivity index (χ2n) is 6.35. The van der Waals surface area contributed by atoms with Gasteiger partial charge in [0.15, 0.2) is 5.13 Å². The first-order valence-electron chi connectivity index (χ1n) is 8.39. The van der Waals surface area contributed by atoms with Gasteiger partial charge >= 0.3 is 11.9 Å². The van der Waals surface area contributed by atoms with Gasteiger partial charge in [-0.15, -0.1) is 11.3 Å². The van der Waals surface area contributed by atoms with Crippen LogP contribution < -0.4 is 5.32 Å². The van der Waals surface area contributed by atoms with Gasteiger partial charge in [-0.3, -0.25) is 9.59 Å². The highest BCUT2D eigenvalue weighted by atomic mass is 32.1. The Hall–Kier alpha value is -2.41. The molecule has 0 fully saturated rings. The summed E-state index contributed by atoms with van der Waals surface area (Å²) in [7, 11) is 4.47. The first-order chi connectivity index (χ1) is 12.5. The molecule has 1 aromatic carbocycles. The van der Waals surface area contributed by atoms with Gasteiger partial charge in [-0.05, 0) is 18.9 Å². The van der Waals surface area contributed by atoms with Crippen molar-refractivity contribution in [2.45, 2.75) is 25.2 Å². The molecule has 26 heavy (non-hydrogen) atoms. The smallest absolute Gasteiger partial charge is 0.314 e. The van der Waals surface area contributed by atoms with Crippen molar-refractivity contribution < 1.29 is 19.1 Å². The predicted molar refractivity (Wildman–Crippen MR) is 99.5 cm³/mol. The molecule has 1 N–H and O–H groups in total. The fraction of sp³-hybridized carbons (Fsp3) is 0.421. The molecular weight excluding hydrogens is 352 g/mol. The zero-order valence-corrected chi connectivity index (χ0v) is 16.1. The number of hydrogen-bond acceptors (Lipinski definition) is 7. The van der Waals surface area contributed by atoms with Crippen molar-refractivity contribution in [3.8, 4) is 0 Å². The van der Waals surface area contributed by atoms with E-state index in [2.05, 4.69) is 10.3 Å². The highest BCUT2D eigenvalue weighted by molar-refractivity contribution is 7.16. The van der Waals surface area contributed by atoms with E-state index in [-0.39, 0.29) is 5.92 Å². The maximum absolute atomic E-state index is 12.7. The van der Waals surface area contributed by atoms with E-state index in [9.17, 15) is 9.59 Å². The zero-order chi connectivity index (χ0) is 18.8. The van der Waals surface area contributed by atoms with Gasteiger partial charge < -0.3 is 14.8 Å². The molecule has 3 atom stereocenters. The van der Waals surface area contributed by atoms with E-state index in [1.54, 1.807) is 7.05 Å². The van der Waals surface area contributed by atoms with E-state index in [1.165, 1.54) is 25.6 Å². The number of anilines is 1. The number of esters is 2. The number of aryl methyl sites for hydroxylation is 1. The van der Waals surface area contributed by atoms with E-state index < -0.39 is 23.8 Å². The van der Waals surface area contributed by atoms with Crippen LogP contribution in [0.1, 0.15) is 33.5 Å². The summed E-state index contributed by atoms with van der Waals surface area (Å²) in [5.74, 6) is -2.41. The third-order valence-corrected chi connectivity index (χ3v) is 6.06. The standard InChI is InChI=1S/C19H22N2O4S/c1-10-5-7-11(8-6-10)12-9-13-16(26-19(20-2)21-13)15(18(23)25-4)14(12)17(22)24-3/h5-8,12,14-15H,9H2,1-4H3,(H,20,21)/t12-,14+,15-/m0/s1. The number of ether oxygens (including phenoxy) is 2. The lowest BCUT2D eigenvalue weighted by Crippen LogP contribution is -2.38. The van der Waals surface area contributed by atoms with E-state index in [0.29, 0.717) is 6.42 Å². The number of benzene rings is 1. The number of nitrogens with one attached hydrogen (secondary N) is 1. The van der Waals surface area contributed by atoms with Crippen molar-refractivity contribution in [2.24, 2.45) is 5.92 Å². The number of rotatable bonds is 4. The molecule has 2 aromatic rings. The van der Waals surface area contributed by atoms with Gasteiger partial charge in [0.25, 0.3) is 0 Å². The molecule has 0 saturated carbocycles. The largest absolute Gasteiger partial charge is 0.469 e. The summed E-state index contributed by atoms with van der Waals surface area (Å²) in [6.45, 7) is 2.01. The molecule has 0 radical (unpaired) electrons. The van der Waals surface area contributed by atoms with E-state index in [4.69, 9.17) is 9.47 Å². The third kappa shape index (κ3) is 3.19. The first kappa shape index (κ1) is 18.4. The van der Waals surface area contributed by atoms with Crippen LogP contribution in [0.15, 0.2) is 24.3 Å². The monoisotopic (exact) mass is 374 g/mol.